The van der Waals surface area contributed by atoms with Crippen LogP contribution in [0.3, 0.4) is 0 Å². The van der Waals surface area contributed by atoms with Crippen LogP contribution >= 0.6 is 34.8 Å². The summed E-state index contributed by atoms with van der Waals surface area (Å²) in [6.07, 6.45) is 0.489. The molecule has 0 fully saturated rings. The van der Waals surface area contributed by atoms with E-state index in [4.69, 9.17) is 34.8 Å². The Labute approximate surface area is 171 Å². The Bertz CT molecular complexity index is 1080. The normalized spacial score (nSPS) is 10.9. The molecule has 0 spiro atoms. The molecule has 0 aliphatic heterocycles. The van der Waals surface area contributed by atoms with Crippen LogP contribution in [0.25, 0.3) is 0 Å². The average Bonchev–Trinajstić information content (AvgIpc) is 2.59. The van der Waals surface area contributed by atoms with Crippen LogP contribution in [0.4, 0.5) is 0 Å². The fourth-order valence-corrected chi connectivity index (χ4v) is 3.74. The van der Waals surface area contributed by atoms with Gasteiger partial charge in [0.1, 0.15) is 0 Å². The number of ketones is 1. The highest BCUT2D eigenvalue weighted by Gasteiger charge is 2.18. The van der Waals surface area contributed by atoms with Crippen LogP contribution in [-0.2, 0) is 13.5 Å². The van der Waals surface area contributed by atoms with Crippen LogP contribution in [0, 0.1) is 6.92 Å². The summed E-state index contributed by atoms with van der Waals surface area (Å²) < 4.78 is 1.28. The third kappa shape index (κ3) is 4.24. The van der Waals surface area contributed by atoms with E-state index in [9.17, 15) is 9.59 Å². The molecule has 4 nitrogen and oxygen atoms in total. The molecule has 7 heteroatoms. The largest absolute Gasteiger partial charge is 0.288 e. The summed E-state index contributed by atoms with van der Waals surface area (Å²) in [4.78, 5) is 24.4. The number of hydrogen-bond donors (Lipinski definition) is 0. The van der Waals surface area contributed by atoms with Crippen LogP contribution in [0.15, 0.2) is 47.3 Å². The average molecular weight is 422 g/mol. The van der Waals surface area contributed by atoms with Crippen molar-refractivity contribution < 1.29 is 4.79 Å². The molecule has 0 N–H and O–H groups in total. The van der Waals surface area contributed by atoms with Gasteiger partial charge < -0.3 is 0 Å². The Balaban J connectivity index is 1.99. The molecule has 0 amide bonds. The third-order valence-electron chi connectivity index (χ3n) is 4.23. The zero-order chi connectivity index (χ0) is 19.7. The van der Waals surface area contributed by atoms with Crippen molar-refractivity contribution in [1.82, 2.24) is 9.78 Å². The smallest absolute Gasteiger partial charge is 0.266 e. The molecule has 1 aromatic heterocycles. The minimum Gasteiger partial charge on any atom is -0.288 e. The van der Waals surface area contributed by atoms with E-state index in [-0.39, 0.29) is 27.0 Å². The number of carbonyl (C=O) groups excluding carboxylic acids is 1. The minimum atomic E-state index is -0.281. The Morgan fingerprint density at radius 2 is 1.70 bits per heavy atom. The highest BCUT2D eigenvalue weighted by atomic mass is 35.5. The van der Waals surface area contributed by atoms with Crippen molar-refractivity contribution in [1.29, 1.82) is 0 Å². The number of hydrogen-bond acceptors (Lipinski definition) is 3. The number of aromatic nitrogens is 2. The molecule has 3 rings (SSSR count). The van der Waals surface area contributed by atoms with Crippen LogP contribution in [0.5, 0.6) is 0 Å². The van der Waals surface area contributed by atoms with Gasteiger partial charge in [0.25, 0.3) is 5.56 Å². The Kier molecular flexibility index (Phi) is 5.70. The predicted molar refractivity (Wildman–Crippen MR) is 108 cm³/mol. The lowest BCUT2D eigenvalue weighted by atomic mass is 9.96. The first kappa shape index (κ1) is 19.6. The van der Waals surface area contributed by atoms with Crippen molar-refractivity contribution in [2.75, 3.05) is 0 Å². The highest BCUT2D eigenvalue weighted by Crippen LogP contribution is 2.31. The molecular formula is C20H15Cl3N2O2. The number of aryl methyl sites for hydroxylation is 2. The monoisotopic (exact) mass is 420 g/mol. The molecule has 0 aliphatic rings. The molecule has 0 saturated carbocycles. The summed E-state index contributed by atoms with van der Waals surface area (Å²) in [5.74, 6) is -0.281. The van der Waals surface area contributed by atoms with Gasteiger partial charge in [-0.3, -0.25) is 9.59 Å². The maximum Gasteiger partial charge on any atom is 0.266 e. The van der Waals surface area contributed by atoms with Crippen molar-refractivity contribution in [2.24, 2.45) is 7.05 Å². The molecule has 0 saturated heterocycles. The van der Waals surface area contributed by atoms with Crippen LogP contribution in [-0.4, -0.2) is 15.6 Å². The van der Waals surface area contributed by atoms with Gasteiger partial charge in [-0.1, -0.05) is 46.9 Å². The Hall–Kier alpha value is -2.14. The Morgan fingerprint density at radius 3 is 2.33 bits per heavy atom. The summed E-state index contributed by atoms with van der Waals surface area (Å²) in [5, 5.41) is 5.03. The van der Waals surface area contributed by atoms with Crippen LogP contribution in [0.2, 0.25) is 15.1 Å². The molecule has 138 valence electrons. The van der Waals surface area contributed by atoms with E-state index in [0.717, 1.165) is 16.8 Å². The molecule has 0 radical (unpaired) electrons. The second-order valence-corrected chi connectivity index (χ2v) is 7.43. The quantitative estimate of drug-likeness (QED) is 0.565. The third-order valence-corrected chi connectivity index (χ3v) is 5.05. The van der Waals surface area contributed by atoms with E-state index in [2.05, 4.69) is 5.10 Å². The first-order valence-corrected chi connectivity index (χ1v) is 9.21. The summed E-state index contributed by atoms with van der Waals surface area (Å²) >= 11 is 18.3. The molecule has 0 bridgehead atoms. The fraction of sp³-hybridized carbons (Fsp3) is 0.150. The lowest BCUT2D eigenvalue weighted by Gasteiger charge is -2.11. The number of nitrogens with zero attached hydrogens (tertiary/aromatic N) is 2. The molecule has 1 heterocycles. The van der Waals surface area contributed by atoms with Crippen molar-refractivity contribution in [3.63, 3.8) is 0 Å². The molecule has 3 aromatic rings. The zero-order valence-corrected chi connectivity index (χ0v) is 16.9. The number of rotatable bonds is 4. The molecular weight excluding hydrogens is 407 g/mol. The van der Waals surface area contributed by atoms with E-state index < -0.39 is 0 Å². The van der Waals surface area contributed by atoms with Gasteiger partial charge in [-0.25, -0.2) is 4.68 Å². The first-order valence-electron chi connectivity index (χ1n) is 8.08. The van der Waals surface area contributed by atoms with Gasteiger partial charge >= 0.3 is 0 Å². The molecule has 2 aromatic carbocycles. The van der Waals surface area contributed by atoms with Gasteiger partial charge in [0.15, 0.2) is 5.78 Å². The second-order valence-electron chi connectivity index (χ2n) is 6.18. The molecule has 0 aliphatic carbocycles. The van der Waals surface area contributed by atoms with E-state index in [1.165, 1.54) is 22.9 Å². The lowest BCUT2D eigenvalue weighted by Crippen LogP contribution is -2.19. The van der Waals surface area contributed by atoms with Crippen LogP contribution in [0.1, 0.15) is 32.7 Å². The minimum absolute atomic E-state index is 0.175. The maximum atomic E-state index is 12.9. The lowest BCUT2D eigenvalue weighted by molar-refractivity contribution is 0.103. The number of benzene rings is 2. The van der Waals surface area contributed by atoms with Gasteiger partial charge in [-0.05, 0) is 42.3 Å². The summed E-state index contributed by atoms with van der Waals surface area (Å²) in [6, 6.07) is 11.5. The van der Waals surface area contributed by atoms with E-state index in [1.54, 1.807) is 25.2 Å². The standard InChI is InChI=1S/C20H15Cl3N2O2/c1-11-3-4-12(20(27)19-16(22)9-14(21)10-17(19)23)7-13(11)8-15-5-6-18(26)25(2)24-15/h3-7,9-10H,8H2,1-2H3. The van der Waals surface area contributed by atoms with E-state index in [1.807, 2.05) is 13.0 Å². The van der Waals surface area contributed by atoms with Crippen molar-refractivity contribution in [3.8, 4) is 0 Å². The first-order chi connectivity index (χ1) is 12.8. The summed E-state index contributed by atoms with van der Waals surface area (Å²) in [6.45, 7) is 1.95. The fourth-order valence-electron chi connectivity index (χ4n) is 2.75. The highest BCUT2D eigenvalue weighted by molar-refractivity contribution is 6.43. The second kappa shape index (κ2) is 7.85. The summed E-state index contributed by atoms with van der Waals surface area (Å²) in [7, 11) is 1.60. The van der Waals surface area contributed by atoms with Crippen LogP contribution < -0.4 is 5.56 Å². The van der Waals surface area contributed by atoms with Crippen molar-refractivity contribution in [3.05, 3.63) is 95.8 Å². The van der Waals surface area contributed by atoms with E-state index in [0.29, 0.717) is 17.0 Å². The molecule has 0 unspecified atom stereocenters. The van der Waals surface area contributed by atoms with Gasteiger partial charge in [-0.15, -0.1) is 0 Å². The topological polar surface area (TPSA) is 52.0 Å². The summed E-state index contributed by atoms with van der Waals surface area (Å²) in [5.41, 5.74) is 3.17. The SMILES string of the molecule is Cc1ccc(C(=O)c2c(Cl)cc(Cl)cc2Cl)cc1Cc1ccc(=O)n(C)n1. The molecule has 27 heavy (non-hydrogen) atoms. The van der Waals surface area contributed by atoms with Crippen molar-refractivity contribution >= 4 is 40.6 Å². The predicted octanol–water partition coefficient (Wildman–Crippen LogP) is 4.87. The van der Waals surface area contributed by atoms with Gasteiger partial charge in [0, 0.05) is 30.1 Å². The van der Waals surface area contributed by atoms with Gasteiger partial charge in [0.2, 0.25) is 0 Å². The van der Waals surface area contributed by atoms with Gasteiger partial charge in [0.05, 0.1) is 21.3 Å². The maximum absolute atomic E-state index is 12.9. The molecule has 0 atom stereocenters. The Morgan fingerprint density at radius 1 is 1.04 bits per heavy atom. The number of carbonyl (C=O) groups is 1. The van der Waals surface area contributed by atoms with Gasteiger partial charge in [-0.2, -0.15) is 5.10 Å². The van der Waals surface area contributed by atoms with E-state index >= 15 is 0 Å². The van der Waals surface area contributed by atoms with Crippen molar-refractivity contribution in [2.45, 2.75) is 13.3 Å². The number of halogens is 3. The zero-order valence-electron chi connectivity index (χ0n) is 14.6.